The van der Waals surface area contributed by atoms with Gasteiger partial charge >= 0.3 is 6.18 Å². The molecule has 178 valence electrons. The van der Waals surface area contributed by atoms with E-state index < -0.39 is 23.7 Å². The quantitative estimate of drug-likeness (QED) is 0.421. The number of alkyl halides is 3. The van der Waals surface area contributed by atoms with Crippen molar-refractivity contribution in [2.75, 3.05) is 5.32 Å². The summed E-state index contributed by atoms with van der Waals surface area (Å²) in [4.78, 5) is 28.8. The van der Waals surface area contributed by atoms with Crippen molar-refractivity contribution in [3.8, 4) is 11.1 Å². The monoisotopic (exact) mass is 491 g/mol. The van der Waals surface area contributed by atoms with Gasteiger partial charge in [-0.25, -0.2) is 4.98 Å². The largest absolute Gasteiger partial charge is 0.433 e. The Bertz CT molecular complexity index is 1420. The number of anilines is 1. The Morgan fingerprint density at radius 1 is 1.15 bits per heavy atom. The van der Waals surface area contributed by atoms with Crippen molar-refractivity contribution in [1.29, 1.82) is 0 Å². The number of thiophene rings is 1. The van der Waals surface area contributed by atoms with Crippen LogP contribution in [0.1, 0.15) is 45.4 Å². The van der Waals surface area contributed by atoms with Gasteiger partial charge in [0.2, 0.25) is 0 Å². The first-order valence-corrected chi connectivity index (χ1v) is 11.1. The lowest BCUT2D eigenvalue weighted by atomic mass is 10.0. The number of hydrogen-bond donors (Lipinski definition) is 2. The van der Waals surface area contributed by atoms with Crippen molar-refractivity contribution in [2.45, 2.75) is 40.0 Å². The van der Waals surface area contributed by atoms with E-state index in [4.69, 9.17) is 5.73 Å². The minimum Gasteiger partial charge on any atom is -0.365 e. The van der Waals surface area contributed by atoms with Crippen molar-refractivity contribution in [3.63, 3.8) is 0 Å². The van der Waals surface area contributed by atoms with E-state index in [0.29, 0.717) is 35.7 Å². The Kier molecular flexibility index (Phi) is 5.89. The van der Waals surface area contributed by atoms with Gasteiger partial charge in [-0.1, -0.05) is 0 Å². The fraction of sp³-hybridized carbons (Fsp3) is 0.286. The van der Waals surface area contributed by atoms with Gasteiger partial charge in [0.15, 0.2) is 0 Å². The Labute approximate surface area is 195 Å². The van der Waals surface area contributed by atoms with Gasteiger partial charge in [0.05, 0.1) is 11.9 Å². The standard InChI is InChI=1S/C21H20F3N7O2S/c1-4-30-10(3)12(9-27-30)11-8-14(21(22,23)24)28-20-15(11)16(17(34-20)18(25)32)29-19(33)13-6-7-26-31(13)5-2/h6-9H,4-5H2,1-3H3,(H2,25,32)(H,29,33). The molecule has 34 heavy (non-hydrogen) atoms. The molecule has 4 heterocycles. The smallest absolute Gasteiger partial charge is 0.365 e. The number of nitrogens with two attached hydrogens (primary N) is 1. The van der Waals surface area contributed by atoms with Gasteiger partial charge in [0.25, 0.3) is 11.8 Å². The maximum Gasteiger partial charge on any atom is 0.433 e. The molecule has 3 N–H and O–H groups in total. The molecule has 0 bridgehead atoms. The van der Waals surface area contributed by atoms with E-state index in [2.05, 4.69) is 20.5 Å². The molecule has 0 saturated heterocycles. The van der Waals surface area contributed by atoms with E-state index in [0.717, 1.165) is 6.07 Å². The molecule has 0 aromatic carbocycles. The number of primary amides is 1. The van der Waals surface area contributed by atoms with Crippen LogP contribution in [-0.2, 0) is 19.3 Å². The summed E-state index contributed by atoms with van der Waals surface area (Å²) in [5.41, 5.74) is 5.80. The number of rotatable bonds is 6. The van der Waals surface area contributed by atoms with Gasteiger partial charge in [-0.2, -0.15) is 23.4 Å². The number of carbonyl (C=O) groups is 2. The number of aryl methyl sites for hydroxylation is 2. The summed E-state index contributed by atoms with van der Waals surface area (Å²) in [5.74, 6) is -1.49. The van der Waals surface area contributed by atoms with Crippen LogP contribution >= 0.6 is 11.3 Å². The molecular formula is C21H20F3N7O2S. The lowest BCUT2D eigenvalue weighted by molar-refractivity contribution is -0.140. The molecule has 0 radical (unpaired) electrons. The van der Waals surface area contributed by atoms with E-state index >= 15 is 0 Å². The lowest BCUT2D eigenvalue weighted by Crippen LogP contribution is -2.20. The van der Waals surface area contributed by atoms with Crippen LogP contribution in [0.25, 0.3) is 21.3 Å². The van der Waals surface area contributed by atoms with E-state index in [1.54, 1.807) is 18.5 Å². The van der Waals surface area contributed by atoms with E-state index in [-0.39, 0.29) is 32.0 Å². The second-order valence-electron chi connectivity index (χ2n) is 7.35. The van der Waals surface area contributed by atoms with Crippen molar-refractivity contribution in [1.82, 2.24) is 24.5 Å². The fourth-order valence-corrected chi connectivity index (χ4v) is 4.74. The zero-order valence-electron chi connectivity index (χ0n) is 18.4. The van der Waals surface area contributed by atoms with Crippen LogP contribution in [0.3, 0.4) is 0 Å². The van der Waals surface area contributed by atoms with Crippen LogP contribution in [0.2, 0.25) is 0 Å². The normalized spacial score (nSPS) is 11.8. The number of aromatic nitrogens is 5. The number of nitrogens with zero attached hydrogens (tertiary/aromatic N) is 5. The van der Waals surface area contributed by atoms with E-state index in [9.17, 15) is 22.8 Å². The molecule has 9 nitrogen and oxygen atoms in total. The number of fused-ring (bicyclic) bond motifs is 1. The van der Waals surface area contributed by atoms with Crippen LogP contribution in [-0.4, -0.2) is 36.4 Å². The number of hydrogen-bond acceptors (Lipinski definition) is 6. The van der Waals surface area contributed by atoms with Crippen LogP contribution in [0, 0.1) is 6.92 Å². The van der Waals surface area contributed by atoms with Gasteiger partial charge < -0.3 is 11.1 Å². The summed E-state index contributed by atoms with van der Waals surface area (Å²) >= 11 is 0.689. The third-order valence-electron chi connectivity index (χ3n) is 5.36. The third-order valence-corrected chi connectivity index (χ3v) is 6.45. The van der Waals surface area contributed by atoms with Crippen LogP contribution in [0.5, 0.6) is 0 Å². The number of halogens is 3. The minimum atomic E-state index is -4.73. The number of amides is 2. The molecule has 0 atom stereocenters. The first kappa shape index (κ1) is 23.4. The molecule has 13 heteroatoms. The Hall–Kier alpha value is -3.74. The number of pyridine rings is 1. The molecule has 4 rings (SSSR count). The SMILES string of the molecule is CCn1nccc1C(=O)Nc1c(C(N)=O)sc2nc(C(F)(F)F)cc(-c3cnn(CC)c3C)c12. The molecule has 4 aromatic heterocycles. The Morgan fingerprint density at radius 3 is 2.44 bits per heavy atom. The average Bonchev–Trinajstić information content (AvgIpc) is 3.49. The molecule has 0 unspecified atom stereocenters. The molecule has 2 amide bonds. The Balaban J connectivity index is 2.01. The van der Waals surface area contributed by atoms with Crippen molar-refractivity contribution in [2.24, 2.45) is 5.73 Å². The molecular weight excluding hydrogens is 471 g/mol. The maximum absolute atomic E-state index is 13.7. The van der Waals surface area contributed by atoms with E-state index in [1.807, 2.05) is 6.92 Å². The maximum atomic E-state index is 13.7. The second kappa shape index (κ2) is 8.56. The summed E-state index contributed by atoms with van der Waals surface area (Å²) in [6.07, 6.45) is -1.83. The number of nitrogens with one attached hydrogen (secondary N) is 1. The van der Waals surface area contributed by atoms with Crippen LogP contribution in [0.15, 0.2) is 24.5 Å². The molecule has 4 aromatic rings. The summed E-state index contributed by atoms with van der Waals surface area (Å²) in [7, 11) is 0. The Morgan fingerprint density at radius 2 is 1.85 bits per heavy atom. The lowest BCUT2D eigenvalue weighted by Gasteiger charge is -2.12. The topological polar surface area (TPSA) is 121 Å². The molecule has 0 aliphatic heterocycles. The summed E-state index contributed by atoms with van der Waals surface area (Å²) in [5, 5.41) is 11.1. The van der Waals surface area contributed by atoms with Crippen LogP contribution in [0.4, 0.5) is 18.9 Å². The fourth-order valence-electron chi connectivity index (χ4n) is 3.73. The van der Waals surface area contributed by atoms with Crippen molar-refractivity contribution < 1.29 is 22.8 Å². The average molecular weight is 491 g/mol. The predicted molar refractivity (Wildman–Crippen MR) is 121 cm³/mol. The van der Waals surface area contributed by atoms with E-state index in [1.165, 1.54) is 23.1 Å². The van der Waals surface area contributed by atoms with Gasteiger partial charge in [0, 0.05) is 35.9 Å². The number of carbonyl (C=O) groups excluding carboxylic acids is 2. The highest BCUT2D eigenvalue weighted by Gasteiger charge is 2.35. The van der Waals surface area contributed by atoms with Gasteiger partial charge in [0.1, 0.15) is 21.1 Å². The molecule has 0 aliphatic rings. The van der Waals surface area contributed by atoms with Gasteiger partial charge in [-0.3, -0.25) is 19.0 Å². The zero-order chi connectivity index (χ0) is 24.8. The highest BCUT2D eigenvalue weighted by molar-refractivity contribution is 7.21. The first-order chi connectivity index (χ1) is 16.1. The van der Waals surface area contributed by atoms with Gasteiger partial charge in [-0.15, -0.1) is 11.3 Å². The molecule has 0 saturated carbocycles. The van der Waals surface area contributed by atoms with Crippen molar-refractivity contribution in [3.05, 3.63) is 46.5 Å². The second-order valence-corrected chi connectivity index (χ2v) is 8.35. The zero-order valence-corrected chi connectivity index (χ0v) is 19.2. The van der Waals surface area contributed by atoms with Crippen LogP contribution < -0.4 is 11.1 Å². The molecule has 0 aliphatic carbocycles. The summed E-state index contributed by atoms with van der Waals surface area (Å²) < 4.78 is 44.1. The molecule has 0 fully saturated rings. The predicted octanol–water partition coefficient (Wildman–Crippen LogP) is 4.07. The minimum absolute atomic E-state index is 0.00114. The summed E-state index contributed by atoms with van der Waals surface area (Å²) in [6.45, 7) is 6.30. The molecule has 0 spiro atoms. The first-order valence-electron chi connectivity index (χ1n) is 10.3. The highest BCUT2D eigenvalue weighted by atomic mass is 32.1. The van der Waals surface area contributed by atoms with Crippen molar-refractivity contribution >= 4 is 39.1 Å². The van der Waals surface area contributed by atoms with Gasteiger partial charge in [-0.05, 0) is 38.5 Å². The summed E-state index contributed by atoms with van der Waals surface area (Å²) in [6, 6.07) is 2.39. The highest BCUT2D eigenvalue weighted by Crippen LogP contribution is 2.44. The third kappa shape index (κ3) is 3.91.